The number of hydrogen-bond acceptors (Lipinski definition) is 5. The molecule has 1 heterocycles. The molecule has 0 aliphatic rings. The van der Waals surface area contributed by atoms with Gasteiger partial charge >= 0.3 is 5.97 Å². The number of carboxylic acids is 1. The number of carbonyl (C=O) groups excluding carboxylic acids is 1. The molecule has 9 heteroatoms. The third-order valence-electron chi connectivity index (χ3n) is 2.88. The van der Waals surface area contributed by atoms with Gasteiger partial charge in [0.05, 0.1) is 5.02 Å². The summed E-state index contributed by atoms with van der Waals surface area (Å²) in [5.41, 5.74) is 5.32. The fourth-order valence-corrected chi connectivity index (χ4v) is 1.98. The van der Waals surface area contributed by atoms with E-state index < -0.39 is 17.7 Å². The van der Waals surface area contributed by atoms with Crippen molar-refractivity contribution < 1.29 is 19.1 Å². The number of nitrogens with one attached hydrogen (secondary N) is 1. The van der Waals surface area contributed by atoms with E-state index in [4.69, 9.17) is 22.4 Å². The molecule has 4 N–H and O–H groups in total. The Bertz CT molecular complexity index is 826. The van der Waals surface area contributed by atoms with Crippen LogP contribution in [0, 0.1) is 5.82 Å². The molecule has 0 atom stereocenters. The van der Waals surface area contributed by atoms with Gasteiger partial charge in [0.25, 0.3) is 5.91 Å². The van der Waals surface area contributed by atoms with Crippen molar-refractivity contribution in [1.29, 1.82) is 0 Å². The van der Waals surface area contributed by atoms with E-state index in [1.54, 1.807) is 0 Å². The van der Waals surface area contributed by atoms with Gasteiger partial charge in [0.15, 0.2) is 11.5 Å². The van der Waals surface area contributed by atoms with E-state index in [0.29, 0.717) is 5.56 Å². The van der Waals surface area contributed by atoms with E-state index in [2.05, 4.69) is 15.3 Å². The second-order valence-corrected chi connectivity index (χ2v) is 5.00. The van der Waals surface area contributed by atoms with Gasteiger partial charge in [0.2, 0.25) is 0 Å². The van der Waals surface area contributed by atoms with Crippen molar-refractivity contribution in [3.05, 3.63) is 64.1 Å². The number of amides is 1. The summed E-state index contributed by atoms with van der Waals surface area (Å²) in [4.78, 5) is 30.8. The minimum atomic E-state index is -1.30. The van der Waals surface area contributed by atoms with Crippen molar-refractivity contribution in [1.82, 2.24) is 15.3 Å². The number of aromatic carboxylic acids is 1. The molecule has 1 aromatic heterocycles. The number of rotatable bonds is 5. The fourth-order valence-electron chi connectivity index (χ4n) is 1.77. The highest BCUT2D eigenvalue weighted by Crippen LogP contribution is 2.16. The third kappa shape index (κ3) is 4.26. The number of nitrogens with two attached hydrogens (primary N) is 1. The first-order valence-electron chi connectivity index (χ1n) is 6.63. The maximum Gasteiger partial charge on any atom is 0.354 e. The number of halogens is 2. The topological polar surface area (TPSA) is 118 Å². The minimum absolute atomic E-state index is 0.00706. The molecule has 0 saturated carbocycles. The highest BCUT2D eigenvalue weighted by Gasteiger charge is 2.14. The Kier molecular flexibility index (Phi) is 5.43. The van der Waals surface area contributed by atoms with E-state index in [-0.39, 0.29) is 28.8 Å². The molecule has 2 rings (SSSR count). The Morgan fingerprint density at radius 3 is 2.62 bits per heavy atom. The van der Waals surface area contributed by atoms with E-state index >= 15 is 0 Å². The monoisotopic (exact) mass is 350 g/mol. The largest absolute Gasteiger partial charge is 0.477 e. The van der Waals surface area contributed by atoms with Crippen LogP contribution in [-0.4, -0.2) is 27.0 Å². The van der Waals surface area contributed by atoms with Gasteiger partial charge in [-0.05, 0) is 30.0 Å². The minimum Gasteiger partial charge on any atom is -0.477 e. The summed E-state index contributed by atoms with van der Waals surface area (Å²) in [5, 5.41) is 11.5. The molecule has 1 aromatic carbocycles. The number of carboxylic acid groups (broad SMARTS) is 1. The Labute approximate surface area is 141 Å². The highest BCUT2D eigenvalue weighted by molar-refractivity contribution is 6.30. The van der Waals surface area contributed by atoms with Crippen LogP contribution in [0.25, 0.3) is 6.08 Å². The second kappa shape index (κ2) is 7.51. The first-order chi connectivity index (χ1) is 11.4. The van der Waals surface area contributed by atoms with Crippen LogP contribution in [0.1, 0.15) is 32.4 Å². The summed E-state index contributed by atoms with van der Waals surface area (Å²) in [6, 6.07) is 5.07. The smallest absolute Gasteiger partial charge is 0.354 e. The first kappa shape index (κ1) is 17.4. The van der Waals surface area contributed by atoms with Crippen LogP contribution in [0.4, 0.5) is 4.39 Å². The fraction of sp³-hybridized carbons (Fsp3) is 0.0667. The van der Waals surface area contributed by atoms with E-state index in [1.807, 2.05) is 0 Å². The standard InChI is InChI=1S/C15H12ClFN4O3/c16-9-5-8(1-2-10(9)17)7-19-14(22)11-6-12(15(23)24)21-13(20-11)3-4-18/h1-6H,7,18H2,(H,19,22)(H,23,24). The van der Waals surface area contributed by atoms with Crippen molar-refractivity contribution in [3.8, 4) is 0 Å². The molecule has 0 aliphatic carbocycles. The van der Waals surface area contributed by atoms with Crippen LogP contribution in [-0.2, 0) is 6.54 Å². The van der Waals surface area contributed by atoms with Gasteiger partial charge < -0.3 is 16.2 Å². The molecule has 0 saturated heterocycles. The van der Waals surface area contributed by atoms with Gasteiger partial charge in [-0.15, -0.1) is 0 Å². The summed E-state index contributed by atoms with van der Waals surface area (Å²) in [7, 11) is 0. The average molecular weight is 351 g/mol. The molecule has 124 valence electrons. The highest BCUT2D eigenvalue weighted by atomic mass is 35.5. The molecular formula is C15H12ClFN4O3. The van der Waals surface area contributed by atoms with Crippen molar-refractivity contribution in [2.75, 3.05) is 0 Å². The Hall–Kier alpha value is -3.00. The number of hydrogen-bond donors (Lipinski definition) is 3. The number of benzene rings is 1. The maximum absolute atomic E-state index is 13.1. The maximum atomic E-state index is 13.1. The Balaban J connectivity index is 2.19. The summed E-state index contributed by atoms with van der Waals surface area (Å²) >= 11 is 5.66. The third-order valence-corrected chi connectivity index (χ3v) is 3.17. The molecule has 0 unspecified atom stereocenters. The lowest BCUT2D eigenvalue weighted by molar-refractivity contribution is 0.0690. The van der Waals surface area contributed by atoms with Crippen LogP contribution < -0.4 is 11.1 Å². The molecular weight excluding hydrogens is 339 g/mol. The average Bonchev–Trinajstić information content (AvgIpc) is 2.55. The van der Waals surface area contributed by atoms with Gasteiger partial charge in [-0.1, -0.05) is 17.7 Å². The lowest BCUT2D eigenvalue weighted by atomic mass is 10.2. The molecule has 0 aliphatic heterocycles. The molecule has 0 spiro atoms. The Morgan fingerprint density at radius 1 is 1.29 bits per heavy atom. The quantitative estimate of drug-likeness (QED) is 0.757. The number of aromatic nitrogens is 2. The van der Waals surface area contributed by atoms with Crippen LogP contribution >= 0.6 is 11.6 Å². The van der Waals surface area contributed by atoms with Crippen LogP contribution in [0.15, 0.2) is 30.5 Å². The van der Waals surface area contributed by atoms with Gasteiger partial charge in [-0.3, -0.25) is 4.79 Å². The van der Waals surface area contributed by atoms with Crippen molar-refractivity contribution in [3.63, 3.8) is 0 Å². The predicted octanol–water partition coefficient (Wildman–Crippen LogP) is 1.83. The summed E-state index contributed by atoms with van der Waals surface area (Å²) in [5.74, 6) is -2.49. The van der Waals surface area contributed by atoms with Crippen LogP contribution in [0.2, 0.25) is 5.02 Å². The van der Waals surface area contributed by atoms with E-state index in [0.717, 1.165) is 12.3 Å². The Morgan fingerprint density at radius 2 is 2.00 bits per heavy atom. The molecule has 0 radical (unpaired) electrons. The molecule has 2 aromatic rings. The second-order valence-electron chi connectivity index (χ2n) is 4.59. The summed E-state index contributed by atoms with van der Waals surface area (Å²) in [6.07, 6.45) is 2.39. The number of nitrogens with zero attached hydrogens (tertiary/aromatic N) is 2. The molecule has 7 nitrogen and oxygen atoms in total. The lowest BCUT2D eigenvalue weighted by Gasteiger charge is -2.07. The summed E-state index contributed by atoms with van der Waals surface area (Å²) < 4.78 is 13.1. The van der Waals surface area contributed by atoms with Crippen molar-refractivity contribution in [2.45, 2.75) is 6.54 Å². The normalized spacial score (nSPS) is 10.8. The van der Waals surface area contributed by atoms with E-state index in [1.165, 1.54) is 24.3 Å². The van der Waals surface area contributed by atoms with Crippen LogP contribution in [0.5, 0.6) is 0 Å². The van der Waals surface area contributed by atoms with Crippen molar-refractivity contribution >= 4 is 29.6 Å². The van der Waals surface area contributed by atoms with Gasteiger partial charge in [-0.2, -0.15) is 0 Å². The van der Waals surface area contributed by atoms with Gasteiger partial charge in [0.1, 0.15) is 11.5 Å². The molecule has 0 bridgehead atoms. The zero-order valence-corrected chi connectivity index (χ0v) is 12.9. The molecule has 1 amide bonds. The SMILES string of the molecule is NC=Cc1nc(C(=O)O)cc(C(=O)NCc2ccc(F)c(Cl)c2)n1. The molecule has 0 fully saturated rings. The zero-order chi connectivity index (χ0) is 17.7. The van der Waals surface area contributed by atoms with Crippen LogP contribution in [0.3, 0.4) is 0 Å². The number of carbonyl (C=O) groups is 2. The van der Waals surface area contributed by atoms with Gasteiger partial charge in [-0.25, -0.2) is 19.2 Å². The van der Waals surface area contributed by atoms with E-state index in [9.17, 15) is 14.0 Å². The first-order valence-corrected chi connectivity index (χ1v) is 7.01. The molecule has 24 heavy (non-hydrogen) atoms. The zero-order valence-electron chi connectivity index (χ0n) is 12.2. The van der Waals surface area contributed by atoms with Crippen molar-refractivity contribution in [2.24, 2.45) is 5.73 Å². The summed E-state index contributed by atoms with van der Waals surface area (Å²) in [6.45, 7) is 0.0628. The lowest BCUT2D eigenvalue weighted by Crippen LogP contribution is -2.25. The van der Waals surface area contributed by atoms with Gasteiger partial charge in [0, 0.05) is 12.6 Å². The predicted molar refractivity (Wildman–Crippen MR) is 84.8 cm³/mol.